The summed E-state index contributed by atoms with van der Waals surface area (Å²) in [7, 11) is -9.82. The van der Waals surface area contributed by atoms with Crippen molar-refractivity contribution in [2.45, 2.75) is 256 Å². The van der Waals surface area contributed by atoms with Crippen LogP contribution in [0.5, 0.6) is 0 Å². The fourth-order valence-electron chi connectivity index (χ4n) is 9.06. The molecule has 0 atom stereocenters. The zero-order chi connectivity index (χ0) is 46.5. The molecule has 0 amide bonds. The number of alkyl halides is 3. The van der Waals surface area contributed by atoms with Crippen molar-refractivity contribution in [2.75, 3.05) is 0 Å². The summed E-state index contributed by atoms with van der Waals surface area (Å²) in [6.07, 6.45) is 22.9. The smallest absolute Gasteiger partial charge is 0.200 e. The van der Waals surface area contributed by atoms with Gasteiger partial charge in [-0.3, -0.25) is 0 Å². The Labute approximate surface area is 386 Å². The molecule has 0 fully saturated rings. The Bertz CT molecular complexity index is 1650. The van der Waals surface area contributed by atoms with Crippen molar-refractivity contribution < 1.29 is 25.2 Å². The molecule has 0 aliphatic carbocycles. The maximum atomic E-state index is 15.6. The van der Waals surface area contributed by atoms with E-state index in [0.29, 0.717) is 38.5 Å². The number of benzene rings is 3. The number of hydrogen-bond donors (Lipinski definition) is 0. The van der Waals surface area contributed by atoms with Gasteiger partial charge in [0.15, 0.2) is 0 Å². The number of aryl methyl sites for hydroxylation is 9. The van der Waals surface area contributed by atoms with Crippen LogP contribution < -0.4 is 0 Å². The normalized spacial score (nSPS) is 12.7. The van der Waals surface area contributed by atoms with Gasteiger partial charge in [-0.1, -0.05) is 156 Å². The highest BCUT2D eigenvalue weighted by molar-refractivity contribution is 8.33. The summed E-state index contributed by atoms with van der Waals surface area (Å²) in [6, 6.07) is 13.5. The molecule has 0 aliphatic heterocycles. The second kappa shape index (κ2) is 28.0. The second-order valence-electron chi connectivity index (χ2n) is 18.2. The van der Waals surface area contributed by atoms with Crippen LogP contribution in [0.4, 0.5) is 13.2 Å². The SMILES string of the molecule is CCCCc1cc(CCCC)c(S(OS(=O)(=O)C(F)(F)F)(c2c(CCCC)cc(CCCC)cc2CCCC)c2c(CCCC)cc(CCCC)cc2CCCC)c(CCCC)c1. The standard InChI is InChI=1S/C55H87F3O3S2/c1-10-19-28-43-37-46(31-22-13-4)52(47(38-43)32-23-14-5)62(61-63(59,60)55(56,57)58,53-48(33-24-15-6)39-44(29-20-11-2)40-49(53)34-25-16-7)54-50(35-26-17-8)41-45(30-21-12-3)42-51(54)36-27-18-9/h37-42H,10-36H2,1-9H3. The topological polar surface area (TPSA) is 43.4 Å². The molecule has 63 heavy (non-hydrogen) atoms. The Balaban J connectivity index is 3.05. The molecule has 8 heteroatoms. The minimum atomic E-state index is -6.16. The molecular weight excluding hydrogens is 830 g/mol. The van der Waals surface area contributed by atoms with Gasteiger partial charge in [-0.25, -0.2) is 0 Å². The summed E-state index contributed by atoms with van der Waals surface area (Å²) in [6.45, 7) is 19.5. The molecule has 0 bridgehead atoms. The van der Waals surface area contributed by atoms with Gasteiger partial charge in [-0.15, -0.1) is 0 Å². The number of rotatable bonds is 32. The van der Waals surface area contributed by atoms with Crippen molar-refractivity contribution in [2.24, 2.45) is 0 Å². The Morgan fingerprint density at radius 3 is 0.730 bits per heavy atom. The van der Waals surface area contributed by atoms with E-state index in [1.54, 1.807) is 0 Å². The molecule has 3 aromatic carbocycles. The van der Waals surface area contributed by atoms with Crippen LogP contribution in [-0.2, 0) is 71.5 Å². The lowest BCUT2D eigenvalue weighted by atomic mass is 9.95. The molecule has 0 heterocycles. The average Bonchev–Trinajstić information content (AvgIpc) is 3.26. The maximum Gasteiger partial charge on any atom is 0.524 e. The summed E-state index contributed by atoms with van der Waals surface area (Å²) in [4.78, 5) is 2.23. The summed E-state index contributed by atoms with van der Waals surface area (Å²) in [5, 5.41) is 0. The molecule has 0 unspecified atom stereocenters. The van der Waals surface area contributed by atoms with E-state index in [4.69, 9.17) is 3.63 Å². The van der Waals surface area contributed by atoms with Crippen LogP contribution >= 0.6 is 10.3 Å². The highest BCUT2D eigenvalue weighted by Crippen LogP contribution is 2.76. The first kappa shape index (κ1) is 55.0. The zero-order valence-corrected chi connectivity index (χ0v) is 42.9. The van der Waals surface area contributed by atoms with Crippen molar-refractivity contribution in [1.29, 1.82) is 0 Å². The van der Waals surface area contributed by atoms with E-state index < -0.39 is 25.9 Å². The number of halogens is 3. The molecule has 3 aromatic rings. The van der Waals surface area contributed by atoms with Crippen LogP contribution in [0, 0.1) is 0 Å². The van der Waals surface area contributed by atoms with Crippen molar-refractivity contribution in [3.05, 3.63) is 86.5 Å². The first-order valence-electron chi connectivity index (χ1n) is 25.6. The van der Waals surface area contributed by atoms with Gasteiger partial charge >= 0.3 is 15.6 Å². The number of unbranched alkanes of at least 4 members (excludes halogenated alkanes) is 9. The highest BCUT2D eigenvalue weighted by Gasteiger charge is 2.55. The first-order valence-corrected chi connectivity index (χ1v) is 28.5. The van der Waals surface area contributed by atoms with E-state index in [9.17, 15) is 8.42 Å². The van der Waals surface area contributed by atoms with Crippen LogP contribution in [0.1, 0.15) is 228 Å². The van der Waals surface area contributed by atoms with E-state index in [1.165, 1.54) is 16.7 Å². The van der Waals surface area contributed by atoms with Gasteiger partial charge in [-0.2, -0.15) is 25.2 Å². The van der Waals surface area contributed by atoms with Crippen LogP contribution in [0.2, 0.25) is 0 Å². The monoisotopic (exact) mass is 917 g/mol. The van der Waals surface area contributed by atoms with Gasteiger partial charge in [-0.05, 0) is 176 Å². The third-order valence-corrected chi connectivity index (χ3v) is 17.9. The summed E-state index contributed by atoms with van der Waals surface area (Å²) >= 11 is 0. The fourth-order valence-corrected chi connectivity index (χ4v) is 15.1. The Hall–Kier alpha value is -2.29. The predicted molar refractivity (Wildman–Crippen MR) is 265 cm³/mol. The van der Waals surface area contributed by atoms with E-state index >= 15 is 13.2 Å². The van der Waals surface area contributed by atoms with Crippen LogP contribution in [0.25, 0.3) is 0 Å². The molecule has 0 aliphatic rings. The minimum Gasteiger partial charge on any atom is -0.200 e. The zero-order valence-electron chi connectivity index (χ0n) is 41.2. The van der Waals surface area contributed by atoms with Gasteiger partial charge in [0.2, 0.25) is 0 Å². The highest BCUT2D eigenvalue weighted by atomic mass is 32.3. The van der Waals surface area contributed by atoms with Crippen LogP contribution in [0.3, 0.4) is 0 Å². The first-order chi connectivity index (χ1) is 30.3. The van der Waals surface area contributed by atoms with Crippen molar-refractivity contribution in [3.8, 4) is 0 Å². The van der Waals surface area contributed by atoms with E-state index in [1.807, 2.05) is 0 Å². The molecule has 0 saturated heterocycles. The lowest BCUT2D eigenvalue weighted by molar-refractivity contribution is -0.0496. The summed E-state index contributed by atoms with van der Waals surface area (Å²) < 4.78 is 83.0. The van der Waals surface area contributed by atoms with Gasteiger partial charge in [0.25, 0.3) is 0 Å². The van der Waals surface area contributed by atoms with Crippen molar-refractivity contribution in [3.63, 3.8) is 0 Å². The Morgan fingerprint density at radius 1 is 0.365 bits per heavy atom. The minimum absolute atomic E-state index is 0.640. The maximum absolute atomic E-state index is 15.6. The van der Waals surface area contributed by atoms with Gasteiger partial charge in [0, 0.05) is 14.7 Å². The van der Waals surface area contributed by atoms with E-state index in [-0.39, 0.29) is 0 Å². The molecule has 3 rings (SSSR count). The predicted octanol–water partition coefficient (Wildman–Crippen LogP) is 17.8. The Morgan fingerprint density at radius 2 is 0.556 bits per heavy atom. The summed E-state index contributed by atoms with van der Waals surface area (Å²) in [5.74, 6) is 0. The third-order valence-electron chi connectivity index (χ3n) is 12.5. The molecule has 0 aromatic heterocycles. The lowest BCUT2D eigenvalue weighted by Crippen LogP contribution is -2.30. The average molecular weight is 917 g/mol. The number of hydrogen-bond acceptors (Lipinski definition) is 3. The molecule has 3 nitrogen and oxygen atoms in total. The van der Waals surface area contributed by atoms with Crippen LogP contribution in [-0.4, -0.2) is 13.9 Å². The molecule has 0 saturated carbocycles. The van der Waals surface area contributed by atoms with E-state index in [2.05, 4.69) is 98.7 Å². The second-order valence-corrected chi connectivity index (χ2v) is 22.4. The quantitative estimate of drug-likeness (QED) is 0.0586. The largest absolute Gasteiger partial charge is 0.524 e. The van der Waals surface area contributed by atoms with Gasteiger partial charge in [0.1, 0.15) is 0 Å². The van der Waals surface area contributed by atoms with Crippen molar-refractivity contribution in [1.82, 2.24) is 0 Å². The molecule has 0 N–H and O–H groups in total. The molecular formula is C55H87F3O3S2. The van der Waals surface area contributed by atoms with Gasteiger partial charge < -0.3 is 0 Å². The molecule has 0 spiro atoms. The summed E-state index contributed by atoms with van der Waals surface area (Å²) in [5.41, 5.74) is 3.76. The fraction of sp³-hybridized carbons (Fsp3) is 0.673. The third kappa shape index (κ3) is 15.1. The molecule has 0 radical (unpaired) electrons. The van der Waals surface area contributed by atoms with Gasteiger partial charge in [0.05, 0.1) is 0 Å². The molecule has 358 valence electrons. The Kier molecular flexibility index (Phi) is 24.5. The van der Waals surface area contributed by atoms with Crippen LogP contribution in [0.15, 0.2) is 51.1 Å². The lowest BCUT2D eigenvalue weighted by Gasteiger charge is -2.46. The van der Waals surface area contributed by atoms with E-state index in [0.717, 1.165) is 183 Å². The van der Waals surface area contributed by atoms with Crippen molar-refractivity contribution >= 4 is 20.4 Å².